The molecule has 2 aromatic heterocycles. The van der Waals surface area contributed by atoms with Crippen molar-refractivity contribution in [2.24, 2.45) is 0 Å². The summed E-state index contributed by atoms with van der Waals surface area (Å²) < 4.78 is 2.23. The highest BCUT2D eigenvalue weighted by molar-refractivity contribution is 6.13. The number of nitriles is 4. The molecule has 0 saturated heterocycles. The second-order valence-corrected chi connectivity index (χ2v) is 17.5. The Balaban J connectivity index is 1.30. The molecule has 0 bridgehead atoms. The fourth-order valence-corrected chi connectivity index (χ4v) is 9.32. The maximum absolute atomic E-state index is 10.4. The predicted molar refractivity (Wildman–Crippen MR) is 281 cm³/mol. The zero-order chi connectivity index (χ0) is 48.6. The van der Waals surface area contributed by atoms with Crippen LogP contribution in [-0.4, -0.2) is 19.5 Å². The normalized spacial score (nSPS) is 10.9. The minimum absolute atomic E-state index is 0.306. The molecular formula is C63H38N8. The molecule has 0 atom stereocenters. The van der Waals surface area contributed by atoms with Crippen molar-refractivity contribution in [1.82, 2.24) is 19.5 Å². The van der Waals surface area contributed by atoms with Gasteiger partial charge < -0.3 is 4.57 Å². The fraction of sp³-hybridized carbons (Fsp3) is 0.0317. The monoisotopic (exact) mass is 906 g/mol. The van der Waals surface area contributed by atoms with Crippen LogP contribution < -0.4 is 0 Å². The number of rotatable bonds is 8. The van der Waals surface area contributed by atoms with Gasteiger partial charge in [0.05, 0.1) is 63.3 Å². The Kier molecular flexibility index (Phi) is 11.0. The Morgan fingerprint density at radius 2 is 0.676 bits per heavy atom. The number of benzene rings is 9. The second-order valence-electron chi connectivity index (χ2n) is 17.5. The lowest BCUT2D eigenvalue weighted by Crippen LogP contribution is -2.04. The van der Waals surface area contributed by atoms with Crippen LogP contribution >= 0.6 is 0 Å². The summed E-state index contributed by atoms with van der Waals surface area (Å²) in [6, 6.07) is 73.0. The van der Waals surface area contributed by atoms with Gasteiger partial charge in [0.2, 0.25) is 0 Å². The number of aryl methyl sites for hydroxylation is 2. The molecule has 0 aliphatic rings. The van der Waals surface area contributed by atoms with Crippen LogP contribution in [0.5, 0.6) is 0 Å². The first-order valence-electron chi connectivity index (χ1n) is 23.0. The van der Waals surface area contributed by atoms with Crippen LogP contribution in [0.4, 0.5) is 0 Å². The van der Waals surface area contributed by atoms with E-state index in [2.05, 4.69) is 128 Å². The molecule has 0 unspecified atom stereocenters. The van der Waals surface area contributed by atoms with Gasteiger partial charge >= 0.3 is 0 Å². The maximum atomic E-state index is 10.4. The summed E-state index contributed by atoms with van der Waals surface area (Å²) in [6.07, 6.45) is 0. The van der Waals surface area contributed by atoms with Crippen LogP contribution in [0.25, 0.3) is 106 Å². The average molecular weight is 907 g/mol. The molecule has 9 aromatic carbocycles. The van der Waals surface area contributed by atoms with E-state index in [0.29, 0.717) is 73.2 Å². The zero-order valence-corrected chi connectivity index (χ0v) is 38.6. The summed E-state index contributed by atoms with van der Waals surface area (Å²) in [5, 5.41) is 43.8. The van der Waals surface area contributed by atoms with Crippen LogP contribution in [0.2, 0.25) is 0 Å². The molecule has 0 aliphatic heterocycles. The highest BCUT2D eigenvalue weighted by atomic mass is 15.0. The first kappa shape index (κ1) is 43.3. The summed E-state index contributed by atoms with van der Waals surface area (Å²) >= 11 is 0. The van der Waals surface area contributed by atoms with Crippen LogP contribution in [0.3, 0.4) is 0 Å². The molecule has 0 amide bonds. The van der Waals surface area contributed by atoms with Crippen LogP contribution in [0.15, 0.2) is 194 Å². The van der Waals surface area contributed by atoms with Gasteiger partial charge in [0.25, 0.3) is 0 Å². The Bertz CT molecular complexity index is 3770. The average Bonchev–Trinajstić information content (AvgIpc) is 3.75. The van der Waals surface area contributed by atoms with E-state index in [-0.39, 0.29) is 0 Å². The van der Waals surface area contributed by atoms with Crippen molar-refractivity contribution in [1.29, 1.82) is 21.0 Å². The van der Waals surface area contributed by atoms with Gasteiger partial charge in [-0.1, -0.05) is 132 Å². The molecule has 0 saturated carbocycles. The Morgan fingerprint density at radius 1 is 0.324 bits per heavy atom. The molecule has 0 aliphatic carbocycles. The van der Waals surface area contributed by atoms with Crippen molar-refractivity contribution < 1.29 is 0 Å². The molecule has 2 heterocycles. The van der Waals surface area contributed by atoms with Crippen molar-refractivity contribution in [3.8, 4) is 109 Å². The molecule has 8 heteroatoms. The summed E-state index contributed by atoms with van der Waals surface area (Å²) in [7, 11) is 0. The van der Waals surface area contributed by atoms with E-state index in [1.807, 2.05) is 72.8 Å². The highest BCUT2D eigenvalue weighted by Gasteiger charge is 2.25. The summed E-state index contributed by atoms with van der Waals surface area (Å²) in [5.41, 5.74) is 15.0. The third-order valence-electron chi connectivity index (χ3n) is 12.8. The molecular weight excluding hydrogens is 869 g/mol. The molecule has 8 nitrogen and oxygen atoms in total. The smallest absolute Gasteiger partial charge is 0.164 e. The van der Waals surface area contributed by atoms with Crippen molar-refractivity contribution in [2.75, 3.05) is 0 Å². The summed E-state index contributed by atoms with van der Waals surface area (Å²) in [4.78, 5) is 15.3. The Labute approximate surface area is 410 Å². The number of hydrogen-bond donors (Lipinski definition) is 0. The van der Waals surface area contributed by atoms with E-state index in [9.17, 15) is 21.0 Å². The third kappa shape index (κ3) is 8.21. The van der Waals surface area contributed by atoms with E-state index < -0.39 is 0 Å². The number of nitrogens with zero attached hydrogens (tertiary/aromatic N) is 8. The lowest BCUT2D eigenvalue weighted by Gasteiger charge is -2.21. The second kappa shape index (κ2) is 18.1. The number of aromatic nitrogens is 4. The topological polar surface area (TPSA) is 139 Å². The summed E-state index contributed by atoms with van der Waals surface area (Å²) in [5.74, 6) is 1.30. The standard InChI is InChI=1S/C63H38N8/c1-39-13-17-45(18-14-39)49-21-23-58-56(31-49)57-32-50(46-19-15-40(2)16-20-46)22-24-59(57)71(58)60-54(51-27-41(35-64)25-42(28-51)36-65)33-53(34-55(60)52-29-43(37-66)26-44(30-52)38-67)63-69-61(47-9-5-3-6-10-47)68-62(70-63)48-11-7-4-8-12-48/h3-34H,1-2H3. The van der Waals surface area contributed by atoms with E-state index in [0.717, 1.165) is 55.2 Å². The molecule has 0 fully saturated rings. The van der Waals surface area contributed by atoms with Crippen molar-refractivity contribution in [3.63, 3.8) is 0 Å². The molecule has 0 spiro atoms. The van der Waals surface area contributed by atoms with E-state index >= 15 is 0 Å². The van der Waals surface area contributed by atoms with Gasteiger partial charge in [0.15, 0.2) is 17.5 Å². The van der Waals surface area contributed by atoms with E-state index in [1.54, 1.807) is 36.4 Å². The molecule has 11 aromatic rings. The number of fused-ring (bicyclic) bond motifs is 3. The molecule has 330 valence electrons. The van der Waals surface area contributed by atoms with Gasteiger partial charge in [-0.15, -0.1) is 0 Å². The van der Waals surface area contributed by atoms with Gasteiger partial charge in [-0.25, -0.2) is 15.0 Å². The molecule has 0 radical (unpaired) electrons. The van der Waals surface area contributed by atoms with Crippen molar-refractivity contribution >= 4 is 21.8 Å². The third-order valence-corrected chi connectivity index (χ3v) is 12.8. The predicted octanol–water partition coefficient (Wildman–Crippen LogP) is 14.7. The fourth-order valence-electron chi connectivity index (χ4n) is 9.32. The minimum atomic E-state index is 0.306. The molecule has 0 N–H and O–H groups in total. The van der Waals surface area contributed by atoms with E-state index in [1.165, 1.54) is 11.1 Å². The number of hydrogen-bond acceptors (Lipinski definition) is 7. The van der Waals surface area contributed by atoms with Gasteiger partial charge in [-0.2, -0.15) is 21.0 Å². The van der Waals surface area contributed by atoms with Crippen molar-refractivity contribution in [2.45, 2.75) is 13.8 Å². The van der Waals surface area contributed by atoms with Gasteiger partial charge in [-0.3, -0.25) is 0 Å². The SMILES string of the molecule is Cc1ccc(-c2ccc3c(c2)c2cc(-c4ccc(C)cc4)ccc2n3-c2c(-c3cc(C#N)cc(C#N)c3)cc(-c3nc(-c4ccccc4)nc(-c4ccccc4)n3)cc2-c2cc(C#N)cc(C#N)c2)cc1. The minimum Gasteiger partial charge on any atom is -0.308 e. The summed E-state index contributed by atoms with van der Waals surface area (Å²) in [6.45, 7) is 4.16. The van der Waals surface area contributed by atoms with Crippen molar-refractivity contribution in [3.05, 3.63) is 228 Å². The molecule has 71 heavy (non-hydrogen) atoms. The lowest BCUT2D eigenvalue weighted by atomic mass is 9.90. The Morgan fingerprint density at radius 3 is 1.04 bits per heavy atom. The Hall–Kier alpha value is -10.3. The quantitative estimate of drug-likeness (QED) is 0.148. The first-order chi connectivity index (χ1) is 34.8. The van der Waals surface area contributed by atoms with Gasteiger partial charge in [0.1, 0.15) is 0 Å². The zero-order valence-electron chi connectivity index (χ0n) is 38.6. The van der Waals surface area contributed by atoms with Gasteiger partial charge in [0, 0.05) is 38.6 Å². The largest absolute Gasteiger partial charge is 0.308 e. The highest BCUT2D eigenvalue weighted by Crippen LogP contribution is 2.46. The van der Waals surface area contributed by atoms with Crippen LogP contribution in [0.1, 0.15) is 33.4 Å². The lowest BCUT2D eigenvalue weighted by molar-refractivity contribution is 1.07. The van der Waals surface area contributed by atoms with Crippen LogP contribution in [0, 0.1) is 59.2 Å². The first-order valence-corrected chi connectivity index (χ1v) is 23.0. The van der Waals surface area contributed by atoms with Crippen LogP contribution in [-0.2, 0) is 0 Å². The van der Waals surface area contributed by atoms with E-state index in [4.69, 9.17) is 15.0 Å². The molecule has 11 rings (SSSR count). The maximum Gasteiger partial charge on any atom is 0.164 e. The van der Waals surface area contributed by atoms with Gasteiger partial charge in [-0.05, 0) is 120 Å².